The minimum absolute atomic E-state index is 0.0503. The van der Waals surface area contributed by atoms with E-state index in [0.29, 0.717) is 46.7 Å². The van der Waals surface area contributed by atoms with E-state index >= 15 is 0 Å². The SMILES string of the molecule is Cc1cnn(-c2ccc(C(N)=O)cc2NC(=O)Cc2cc(Cl)c3c(c2)OCCO3)c1. The molecule has 0 atom stereocenters. The first-order valence-corrected chi connectivity index (χ1v) is 9.62. The van der Waals surface area contributed by atoms with Gasteiger partial charge in [0.1, 0.15) is 13.2 Å². The largest absolute Gasteiger partial charge is 0.486 e. The van der Waals surface area contributed by atoms with E-state index in [1.54, 1.807) is 35.1 Å². The summed E-state index contributed by atoms with van der Waals surface area (Å²) in [7, 11) is 0. The van der Waals surface area contributed by atoms with Crippen LogP contribution in [0.25, 0.3) is 5.69 Å². The average molecular weight is 427 g/mol. The van der Waals surface area contributed by atoms with E-state index in [9.17, 15) is 9.59 Å². The summed E-state index contributed by atoms with van der Waals surface area (Å²) < 4.78 is 12.7. The number of aromatic nitrogens is 2. The van der Waals surface area contributed by atoms with Crippen LogP contribution in [-0.4, -0.2) is 34.8 Å². The summed E-state index contributed by atoms with van der Waals surface area (Å²) in [6.45, 7) is 2.76. The standard InChI is InChI=1S/C21H19ClN4O4/c1-12-10-24-26(11-12)17-3-2-14(21(23)28)9-16(17)25-19(27)8-13-6-15(22)20-18(7-13)29-4-5-30-20/h2-3,6-7,9-11H,4-5,8H2,1H3,(H2,23,28)(H,25,27). The topological polar surface area (TPSA) is 108 Å². The first-order chi connectivity index (χ1) is 14.4. The smallest absolute Gasteiger partial charge is 0.248 e. The number of amides is 2. The maximum Gasteiger partial charge on any atom is 0.248 e. The predicted molar refractivity (Wildman–Crippen MR) is 112 cm³/mol. The number of hydrogen-bond acceptors (Lipinski definition) is 5. The lowest BCUT2D eigenvalue weighted by molar-refractivity contribution is -0.115. The van der Waals surface area contributed by atoms with Gasteiger partial charge in [-0.25, -0.2) is 4.68 Å². The monoisotopic (exact) mass is 426 g/mol. The second-order valence-electron chi connectivity index (χ2n) is 6.89. The molecule has 2 aromatic carbocycles. The summed E-state index contributed by atoms with van der Waals surface area (Å²) in [4.78, 5) is 24.4. The van der Waals surface area contributed by atoms with E-state index in [2.05, 4.69) is 10.4 Å². The zero-order valence-electron chi connectivity index (χ0n) is 16.1. The summed E-state index contributed by atoms with van der Waals surface area (Å²) in [6, 6.07) is 8.21. The molecule has 0 unspecified atom stereocenters. The number of aryl methyl sites for hydroxylation is 1. The van der Waals surface area contributed by atoms with Crippen molar-refractivity contribution in [2.45, 2.75) is 13.3 Å². The van der Waals surface area contributed by atoms with Gasteiger partial charge in [0.2, 0.25) is 11.8 Å². The van der Waals surface area contributed by atoms with Crippen LogP contribution in [0.5, 0.6) is 11.5 Å². The molecule has 0 saturated heterocycles. The third-order valence-electron chi connectivity index (χ3n) is 4.53. The number of carbonyl (C=O) groups is 2. The summed E-state index contributed by atoms with van der Waals surface area (Å²) >= 11 is 6.25. The van der Waals surface area contributed by atoms with E-state index < -0.39 is 5.91 Å². The highest BCUT2D eigenvalue weighted by Gasteiger charge is 2.18. The number of nitrogens with zero attached hydrogens (tertiary/aromatic N) is 2. The summed E-state index contributed by atoms with van der Waals surface area (Å²) in [6.07, 6.45) is 3.56. The van der Waals surface area contributed by atoms with Crippen molar-refractivity contribution in [2.75, 3.05) is 18.5 Å². The van der Waals surface area contributed by atoms with Crippen LogP contribution in [0, 0.1) is 6.92 Å². The molecule has 1 aromatic heterocycles. The first-order valence-electron chi connectivity index (χ1n) is 9.24. The number of primary amides is 1. The molecule has 154 valence electrons. The van der Waals surface area contributed by atoms with E-state index in [1.165, 1.54) is 6.07 Å². The van der Waals surface area contributed by atoms with Crippen molar-refractivity contribution in [3.8, 4) is 17.2 Å². The fraction of sp³-hybridized carbons (Fsp3) is 0.190. The number of ether oxygens (including phenoxy) is 2. The van der Waals surface area contributed by atoms with Crippen molar-refractivity contribution in [2.24, 2.45) is 5.73 Å². The minimum atomic E-state index is -0.590. The molecule has 0 saturated carbocycles. The lowest BCUT2D eigenvalue weighted by Crippen LogP contribution is -2.19. The van der Waals surface area contributed by atoms with Gasteiger partial charge >= 0.3 is 0 Å². The molecule has 4 rings (SSSR count). The lowest BCUT2D eigenvalue weighted by atomic mass is 10.1. The Balaban J connectivity index is 1.60. The second-order valence-corrected chi connectivity index (χ2v) is 7.29. The van der Waals surface area contributed by atoms with Crippen LogP contribution < -0.4 is 20.5 Å². The zero-order valence-corrected chi connectivity index (χ0v) is 16.9. The highest BCUT2D eigenvalue weighted by atomic mass is 35.5. The van der Waals surface area contributed by atoms with Crippen LogP contribution in [-0.2, 0) is 11.2 Å². The van der Waals surface area contributed by atoms with Gasteiger partial charge in [-0.05, 0) is 48.4 Å². The molecule has 1 aliphatic heterocycles. The maximum absolute atomic E-state index is 12.8. The molecule has 0 fully saturated rings. The molecule has 0 radical (unpaired) electrons. The van der Waals surface area contributed by atoms with Gasteiger partial charge in [-0.1, -0.05) is 11.6 Å². The Kier molecular flexibility index (Phi) is 5.33. The van der Waals surface area contributed by atoms with E-state index in [4.69, 9.17) is 26.8 Å². The number of rotatable bonds is 5. The van der Waals surface area contributed by atoms with Crippen molar-refractivity contribution in [1.82, 2.24) is 9.78 Å². The number of halogens is 1. The number of nitrogens with two attached hydrogens (primary N) is 1. The van der Waals surface area contributed by atoms with E-state index in [0.717, 1.165) is 5.56 Å². The molecule has 30 heavy (non-hydrogen) atoms. The molecule has 3 N–H and O–H groups in total. The Hall–Kier alpha value is -3.52. The van der Waals surface area contributed by atoms with Crippen molar-refractivity contribution in [3.63, 3.8) is 0 Å². The second kappa shape index (κ2) is 8.08. The summed E-state index contributed by atoms with van der Waals surface area (Å²) in [5.41, 5.74) is 8.33. The fourth-order valence-corrected chi connectivity index (χ4v) is 3.47. The van der Waals surface area contributed by atoms with E-state index in [-0.39, 0.29) is 17.9 Å². The molecule has 3 aromatic rings. The Morgan fingerprint density at radius 1 is 1.23 bits per heavy atom. The van der Waals surface area contributed by atoms with Crippen LogP contribution in [0.1, 0.15) is 21.5 Å². The van der Waals surface area contributed by atoms with Gasteiger partial charge in [-0.3, -0.25) is 9.59 Å². The highest BCUT2D eigenvalue weighted by molar-refractivity contribution is 6.32. The van der Waals surface area contributed by atoms with Crippen LogP contribution in [0.3, 0.4) is 0 Å². The molecule has 2 heterocycles. The summed E-state index contributed by atoms with van der Waals surface area (Å²) in [5.74, 6) is 0.111. The zero-order chi connectivity index (χ0) is 21.3. The van der Waals surface area contributed by atoms with Crippen LogP contribution in [0.15, 0.2) is 42.7 Å². The number of fused-ring (bicyclic) bond motifs is 1. The minimum Gasteiger partial charge on any atom is -0.486 e. The van der Waals surface area contributed by atoms with Crippen molar-refractivity contribution < 1.29 is 19.1 Å². The Morgan fingerprint density at radius 3 is 2.77 bits per heavy atom. The molecule has 0 spiro atoms. The Labute approximate surface area is 177 Å². The van der Waals surface area contributed by atoms with Gasteiger partial charge in [0.25, 0.3) is 0 Å². The van der Waals surface area contributed by atoms with Crippen LogP contribution in [0.2, 0.25) is 5.02 Å². The van der Waals surface area contributed by atoms with Gasteiger partial charge in [-0.2, -0.15) is 5.10 Å². The van der Waals surface area contributed by atoms with Crippen molar-refractivity contribution in [3.05, 3.63) is 64.4 Å². The normalized spacial score (nSPS) is 12.5. The molecule has 0 bridgehead atoms. The lowest BCUT2D eigenvalue weighted by Gasteiger charge is -2.20. The van der Waals surface area contributed by atoms with E-state index in [1.807, 2.05) is 13.1 Å². The average Bonchev–Trinajstić information content (AvgIpc) is 3.14. The summed E-state index contributed by atoms with van der Waals surface area (Å²) in [5, 5.41) is 7.50. The Bertz CT molecular complexity index is 1140. The Morgan fingerprint density at radius 2 is 2.03 bits per heavy atom. The first kappa shape index (κ1) is 19.8. The number of nitrogens with one attached hydrogen (secondary N) is 1. The molecule has 1 aliphatic rings. The maximum atomic E-state index is 12.8. The van der Waals surface area contributed by atoms with Gasteiger partial charge in [0, 0.05) is 11.8 Å². The number of hydrogen-bond donors (Lipinski definition) is 2. The number of anilines is 1. The predicted octanol–water partition coefficient (Wildman–Crippen LogP) is 2.89. The van der Waals surface area contributed by atoms with Crippen LogP contribution >= 0.6 is 11.6 Å². The molecule has 2 amide bonds. The molecule has 0 aliphatic carbocycles. The third-order valence-corrected chi connectivity index (χ3v) is 4.82. The molecule has 9 heteroatoms. The van der Waals surface area contributed by atoms with Gasteiger partial charge < -0.3 is 20.5 Å². The molecular weight excluding hydrogens is 408 g/mol. The number of carbonyl (C=O) groups excluding carboxylic acids is 2. The molecule has 8 nitrogen and oxygen atoms in total. The number of benzene rings is 2. The van der Waals surface area contributed by atoms with Gasteiger partial charge in [0.15, 0.2) is 11.5 Å². The highest BCUT2D eigenvalue weighted by Crippen LogP contribution is 2.38. The fourth-order valence-electron chi connectivity index (χ4n) is 3.18. The van der Waals surface area contributed by atoms with Crippen molar-refractivity contribution in [1.29, 1.82) is 0 Å². The van der Waals surface area contributed by atoms with Crippen molar-refractivity contribution >= 4 is 29.1 Å². The quantitative estimate of drug-likeness (QED) is 0.652. The van der Waals surface area contributed by atoms with Gasteiger partial charge in [-0.15, -0.1) is 0 Å². The third kappa shape index (κ3) is 4.08. The van der Waals surface area contributed by atoms with Crippen LogP contribution in [0.4, 0.5) is 5.69 Å². The molecular formula is C21H19ClN4O4. The van der Waals surface area contributed by atoms with Gasteiger partial charge in [0.05, 0.1) is 29.0 Å².